The van der Waals surface area contributed by atoms with E-state index in [9.17, 15) is 0 Å². The molecule has 0 spiro atoms. The number of likely N-dealkylation sites (N-methyl/N-ethyl adjacent to an activating group) is 1. The van der Waals surface area contributed by atoms with Gasteiger partial charge in [-0.25, -0.2) is 4.98 Å². The molecule has 1 aromatic carbocycles. The van der Waals surface area contributed by atoms with Gasteiger partial charge in [-0.15, -0.1) is 0 Å². The number of pyridine rings is 1. The third kappa shape index (κ3) is 3.63. The highest BCUT2D eigenvalue weighted by Gasteiger charge is 2.05. The fourth-order valence-electron chi connectivity index (χ4n) is 2.74. The van der Waals surface area contributed by atoms with Gasteiger partial charge >= 0.3 is 0 Å². The Morgan fingerprint density at radius 2 is 1.96 bits per heavy atom. The van der Waals surface area contributed by atoms with Gasteiger partial charge in [-0.2, -0.15) is 5.10 Å². The van der Waals surface area contributed by atoms with E-state index in [1.807, 2.05) is 18.6 Å². The first-order valence-corrected chi connectivity index (χ1v) is 8.25. The standard InChI is InChI=1S/C19H23N5/c1-4-24(5-2)13-14(3)23-19-9-17-8-15(18-11-21-22-12-18)6-7-16(17)10-20-19/h6-12H,3-5,13H2,1-2H3,(H,20,23)(H,21,22). The molecule has 0 bridgehead atoms. The lowest BCUT2D eigenvalue weighted by Crippen LogP contribution is -2.27. The fourth-order valence-corrected chi connectivity index (χ4v) is 2.74. The number of anilines is 1. The van der Waals surface area contributed by atoms with E-state index in [1.54, 1.807) is 0 Å². The summed E-state index contributed by atoms with van der Waals surface area (Å²) in [5, 5.41) is 12.4. The molecule has 2 heterocycles. The Kier molecular flexibility index (Phi) is 4.91. The lowest BCUT2D eigenvalue weighted by molar-refractivity contribution is 0.331. The second kappa shape index (κ2) is 7.27. The molecule has 0 amide bonds. The predicted molar refractivity (Wildman–Crippen MR) is 99.9 cm³/mol. The van der Waals surface area contributed by atoms with E-state index in [-0.39, 0.29) is 0 Å². The molecule has 2 N–H and O–H groups in total. The van der Waals surface area contributed by atoms with Gasteiger partial charge in [-0.3, -0.25) is 10.00 Å². The van der Waals surface area contributed by atoms with Crippen molar-refractivity contribution in [3.63, 3.8) is 0 Å². The summed E-state index contributed by atoms with van der Waals surface area (Å²) in [6, 6.07) is 8.38. The molecule has 0 saturated heterocycles. The van der Waals surface area contributed by atoms with Crippen LogP contribution in [0.25, 0.3) is 21.9 Å². The molecule has 0 atom stereocenters. The Morgan fingerprint density at radius 3 is 2.67 bits per heavy atom. The quantitative estimate of drug-likeness (QED) is 0.693. The summed E-state index contributed by atoms with van der Waals surface area (Å²) in [7, 11) is 0. The summed E-state index contributed by atoms with van der Waals surface area (Å²) in [5.41, 5.74) is 3.17. The lowest BCUT2D eigenvalue weighted by Gasteiger charge is -2.20. The van der Waals surface area contributed by atoms with Gasteiger partial charge in [0.05, 0.1) is 6.20 Å². The Morgan fingerprint density at radius 1 is 1.12 bits per heavy atom. The number of benzene rings is 1. The third-order valence-corrected chi connectivity index (χ3v) is 4.17. The van der Waals surface area contributed by atoms with Gasteiger partial charge < -0.3 is 5.32 Å². The summed E-state index contributed by atoms with van der Waals surface area (Å²) in [5.74, 6) is 0.823. The second-order valence-electron chi connectivity index (χ2n) is 5.81. The number of hydrogen-bond donors (Lipinski definition) is 2. The normalized spacial score (nSPS) is 11.1. The summed E-state index contributed by atoms with van der Waals surface area (Å²) in [6.45, 7) is 11.3. The average molecular weight is 321 g/mol. The summed E-state index contributed by atoms with van der Waals surface area (Å²) in [4.78, 5) is 6.80. The zero-order chi connectivity index (χ0) is 16.9. The minimum Gasteiger partial charge on any atom is -0.343 e. The molecule has 5 heteroatoms. The summed E-state index contributed by atoms with van der Waals surface area (Å²) in [6.07, 6.45) is 5.61. The van der Waals surface area contributed by atoms with Crippen molar-refractivity contribution < 1.29 is 0 Å². The summed E-state index contributed by atoms with van der Waals surface area (Å²) < 4.78 is 0. The molecule has 124 valence electrons. The number of H-pyrrole nitrogens is 1. The predicted octanol–water partition coefficient (Wildman–Crippen LogP) is 3.89. The molecule has 0 aliphatic rings. The zero-order valence-electron chi connectivity index (χ0n) is 14.2. The van der Waals surface area contributed by atoms with Crippen molar-refractivity contribution in [2.75, 3.05) is 25.0 Å². The van der Waals surface area contributed by atoms with E-state index in [4.69, 9.17) is 0 Å². The zero-order valence-corrected chi connectivity index (χ0v) is 14.2. The first-order valence-electron chi connectivity index (χ1n) is 8.25. The van der Waals surface area contributed by atoms with Gasteiger partial charge in [0, 0.05) is 35.6 Å². The number of rotatable bonds is 7. The van der Waals surface area contributed by atoms with Crippen LogP contribution in [0.2, 0.25) is 0 Å². The van der Waals surface area contributed by atoms with E-state index >= 15 is 0 Å². The molecule has 0 aliphatic heterocycles. The third-order valence-electron chi connectivity index (χ3n) is 4.17. The van der Waals surface area contributed by atoms with Gasteiger partial charge in [-0.1, -0.05) is 32.6 Å². The molecular weight excluding hydrogens is 298 g/mol. The van der Waals surface area contributed by atoms with Gasteiger partial charge in [-0.05, 0) is 36.2 Å². The number of hydrogen-bond acceptors (Lipinski definition) is 4. The largest absolute Gasteiger partial charge is 0.343 e. The molecular formula is C19H23N5. The van der Waals surface area contributed by atoms with Crippen molar-refractivity contribution >= 4 is 16.6 Å². The highest BCUT2D eigenvalue weighted by atomic mass is 15.1. The maximum Gasteiger partial charge on any atom is 0.130 e. The van der Waals surface area contributed by atoms with Gasteiger partial charge in [0.2, 0.25) is 0 Å². The van der Waals surface area contributed by atoms with Crippen molar-refractivity contribution in [2.45, 2.75) is 13.8 Å². The van der Waals surface area contributed by atoms with Crippen LogP contribution in [0.5, 0.6) is 0 Å². The molecule has 0 unspecified atom stereocenters. The number of nitrogens with one attached hydrogen (secondary N) is 2. The molecule has 0 fully saturated rings. The second-order valence-corrected chi connectivity index (χ2v) is 5.81. The topological polar surface area (TPSA) is 56.8 Å². The van der Waals surface area contributed by atoms with Crippen LogP contribution in [0.15, 0.2) is 55.1 Å². The molecule has 0 saturated carbocycles. The van der Waals surface area contributed by atoms with Crippen LogP contribution in [0.4, 0.5) is 5.82 Å². The van der Waals surface area contributed by atoms with Crippen molar-refractivity contribution in [2.24, 2.45) is 0 Å². The van der Waals surface area contributed by atoms with E-state index in [1.165, 1.54) is 0 Å². The van der Waals surface area contributed by atoms with Crippen molar-refractivity contribution in [3.8, 4) is 11.1 Å². The minimum absolute atomic E-state index is 0.821. The van der Waals surface area contributed by atoms with Crippen molar-refractivity contribution in [1.82, 2.24) is 20.1 Å². The van der Waals surface area contributed by atoms with E-state index in [2.05, 4.69) is 70.1 Å². The van der Waals surface area contributed by atoms with E-state index < -0.39 is 0 Å². The van der Waals surface area contributed by atoms with E-state index in [0.29, 0.717) is 0 Å². The SMILES string of the molecule is C=C(CN(CC)CC)Nc1cc2cc(-c3cn[nH]c3)ccc2cn1. The maximum absolute atomic E-state index is 4.49. The Balaban J connectivity index is 1.81. The number of aromatic amines is 1. The molecule has 5 nitrogen and oxygen atoms in total. The average Bonchev–Trinajstić information content (AvgIpc) is 3.13. The highest BCUT2D eigenvalue weighted by Crippen LogP contribution is 2.25. The minimum atomic E-state index is 0.821. The Labute approximate surface area is 142 Å². The molecule has 2 aromatic heterocycles. The van der Waals surface area contributed by atoms with Crippen LogP contribution in [0.1, 0.15) is 13.8 Å². The van der Waals surface area contributed by atoms with Gasteiger partial charge in [0.25, 0.3) is 0 Å². The van der Waals surface area contributed by atoms with Gasteiger partial charge in [0.1, 0.15) is 5.82 Å². The van der Waals surface area contributed by atoms with Crippen LogP contribution in [-0.2, 0) is 0 Å². The van der Waals surface area contributed by atoms with Crippen LogP contribution < -0.4 is 5.32 Å². The number of fused-ring (bicyclic) bond motifs is 1. The first-order chi connectivity index (χ1) is 11.7. The molecule has 3 rings (SSSR count). The monoisotopic (exact) mass is 321 g/mol. The fraction of sp³-hybridized carbons (Fsp3) is 0.263. The molecule has 3 aromatic rings. The van der Waals surface area contributed by atoms with Crippen LogP contribution in [-0.4, -0.2) is 39.7 Å². The van der Waals surface area contributed by atoms with Crippen LogP contribution in [0, 0.1) is 0 Å². The van der Waals surface area contributed by atoms with E-state index in [0.717, 1.165) is 53.0 Å². The van der Waals surface area contributed by atoms with Crippen molar-refractivity contribution in [3.05, 3.63) is 55.1 Å². The smallest absolute Gasteiger partial charge is 0.130 e. The lowest BCUT2D eigenvalue weighted by atomic mass is 10.1. The van der Waals surface area contributed by atoms with Crippen LogP contribution in [0.3, 0.4) is 0 Å². The molecule has 0 radical (unpaired) electrons. The summed E-state index contributed by atoms with van der Waals surface area (Å²) >= 11 is 0. The number of aromatic nitrogens is 3. The Bertz CT molecular complexity index is 819. The van der Waals surface area contributed by atoms with Gasteiger partial charge in [0.15, 0.2) is 0 Å². The Hall–Kier alpha value is -2.66. The van der Waals surface area contributed by atoms with Crippen LogP contribution >= 0.6 is 0 Å². The maximum atomic E-state index is 4.49. The molecule has 24 heavy (non-hydrogen) atoms. The van der Waals surface area contributed by atoms with Crippen molar-refractivity contribution in [1.29, 1.82) is 0 Å². The number of nitrogens with zero attached hydrogens (tertiary/aromatic N) is 3. The first kappa shape index (κ1) is 16.2. The highest BCUT2D eigenvalue weighted by molar-refractivity contribution is 5.88. The molecule has 0 aliphatic carbocycles.